The van der Waals surface area contributed by atoms with Crippen molar-refractivity contribution >= 4 is 45.3 Å². The second-order valence-corrected chi connectivity index (χ2v) is 16.0. The van der Waals surface area contributed by atoms with Crippen molar-refractivity contribution < 1.29 is 36.5 Å². The molecular weight excluding hydrogens is 687 g/mol. The number of carbonyl (C=O) groups is 1. The Labute approximate surface area is 294 Å². The highest BCUT2D eigenvalue weighted by Crippen LogP contribution is 2.43. The van der Waals surface area contributed by atoms with Crippen LogP contribution in [0.2, 0.25) is 0 Å². The molecular formula is C36H37NO9S3. The minimum Gasteiger partial charge on any atom is -0.459 e. The second kappa shape index (κ2) is 16.3. The van der Waals surface area contributed by atoms with E-state index in [4.69, 9.17) is 18.4 Å². The summed E-state index contributed by atoms with van der Waals surface area (Å²) in [5, 5.41) is 11.1. The Hall–Kier alpha value is -3.72. The summed E-state index contributed by atoms with van der Waals surface area (Å²) in [5.74, 6) is -0.615. The molecule has 0 N–H and O–H groups in total. The van der Waals surface area contributed by atoms with Gasteiger partial charge in [-0.2, -0.15) is 8.42 Å². The number of ether oxygens (including phenoxy) is 3. The predicted octanol–water partition coefficient (Wildman–Crippen LogP) is 7.55. The molecule has 1 fully saturated rings. The van der Waals surface area contributed by atoms with Crippen LogP contribution in [-0.4, -0.2) is 54.6 Å². The Bertz CT molecular complexity index is 1760. The Balaban J connectivity index is 1.45. The van der Waals surface area contributed by atoms with Crippen molar-refractivity contribution in [1.29, 1.82) is 0 Å². The summed E-state index contributed by atoms with van der Waals surface area (Å²) in [6.45, 7) is 4.83. The summed E-state index contributed by atoms with van der Waals surface area (Å²) < 4.78 is 51.4. The zero-order valence-corrected chi connectivity index (χ0v) is 29.6. The van der Waals surface area contributed by atoms with Gasteiger partial charge in [0.1, 0.15) is 24.9 Å². The van der Waals surface area contributed by atoms with Crippen LogP contribution in [0.1, 0.15) is 40.9 Å². The Morgan fingerprint density at radius 1 is 0.837 bits per heavy atom. The largest absolute Gasteiger partial charge is 0.459 e. The van der Waals surface area contributed by atoms with Crippen molar-refractivity contribution in [3.8, 4) is 0 Å². The zero-order valence-electron chi connectivity index (χ0n) is 27.2. The van der Waals surface area contributed by atoms with Gasteiger partial charge in [-0.05, 0) is 56.2 Å². The monoisotopic (exact) mass is 723 g/mol. The molecule has 0 unspecified atom stereocenters. The highest BCUT2D eigenvalue weighted by atomic mass is 32.2. The van der Waals surface area contributed by atoms with E-state index in [0.717, 1.165) is 16.7 Å². The van der Waals surface area contributed by atoms with Crippen LogP contribution in [0.5, 0.6) is 0 Å². The lowest BCUT2D eigenvalue weighted by atomic mass is 10.1. The molecule has 0 amide bonds. The molecule has 0 spiro atoms. The summed E-state index contributed by atoms with van der Waals surface area (Å²) in [6, 6.07) is 31.1. The maximum atomic E-state index is 13.7. The van der Waals surface area contributed by atoms with E-state index >= 15 is 0 Å². The smallest absolute Gasteiger partial charge is 0.338 e. The number of nitro benzene ring substituents is 1. The molecule has 5 rings (SSSR count). The van der Waals surface area contributed by atoms with E-state index in [2.05, 4.69) is 0 Å². The van der Waals surface area contributed by atoms with Crippen molar-refractivity contribution in [1.82, 2.24) is 0 Å². The van der Waals surface area contributed by atoms with Gasteiger partial charge in [0.2, 0.25) is 0 Å². The Morgan fingerprint density at radius 3 is 1.90 bits per heavy atom. The van der Waals surface area contributed by atoms with Crippen LogP contribution < -0.4 is 0 Å². The first-order chi connectivity index (χ1) is 23.4. The van der Waals surface area contributed by atoms with Crippen LogP contribution in [0.4, 0.5) is 5.69 Å². The Morgan fingerprint density at radius 2 is 1.37 bits per heavy atom. The SMILES string of the molecule is Cc1ccc(S(=O)(=O)O[C@H](COC(=O)c2ccc([N+](=O)[O-])cc2)[C@H]2OC(C)(C)O[C@H]2C(SCc2ccccc2)SCc2ccccc2)cc1. The minimum absolute atomic E-state index is 0.0564. The fourth-order valence-corrected chi connectivity index (χ4v) is 8.88. The number of thioether (sulfide) groups is 2. The number of nitrogens with zero attached hydrogens (tertiary/aromatic N) is 1. The van der Waals surface area contributed by atoms with E-state index in [0.29, 0.717) is 11.5 Å². The molecule has 0 aliphatic carbocycles. The molecule has 0 radical (unpaired) electrons. The summed E-state index contributed by atoms with van der Waals surface area (Å²) >= 11 is 3.29. The van der Waals surface area contributed by atoms with E-state index in [1.54, 1.807) is 49.5 Å². The van der Waals surface area contributed by atoms with Gasteiger partial charge in [-0.25, -0.2) is 4.79 Å². The maximum absolute atomic E-state index is 13.7. The van der Waals surface area contributed by atoms with Crippen LogP contribution >= 0.6 is 23.5 Å². The maximum Gasteiger partial charge on any atom is 0.338 e. The highest BCUT2D eigenvalue weighted by Gasteiger charge is 2.51. The zero-order chi connectivity index (χ0) is 35.0. The van der Waals surface area contributed by atoms with Crippen molar-refractivity contribution in [2.24, 2.45) is 0 Å². The van der Waals surface area contributed by atoms with Crippen molar-refractivity contribution in [3.05, 3.63) is 142 Å². The molecule has 4 aromatic rings. The topological polar surface area (TPSA) is 131 Å². The first-order valence-electron chi connectivity index (χ1n) is 15.5. The quantitative estimate of drug-likeness (QED) is 0.0396. The predicted molar refractivity (Wildman–Crippen MR) is 190 cm³/mol. The molecule has 1 aliphatic heterocycles. The minimum atomic E-state index is -4.35. The molecule has 0 saturated carbocycles. The number of rotatable bonds is 15. The van der Waals surface area contributed by atoms with Crippen molar-refractivity contribution in [2.45, 2.75) is 65.9 Å². The molecule has 49 heavy (non-hydrogen) atoms. The highest BCUT2D eigenvalue weighted by molar-refractivity contribution is 8.16. The third kappa shape index (κ3) is 10.2. The molecule has 0 bridgehead atoms. The van der Waals surface area contributed by atoms with Crippen LogP contribution in [0, 0.1) is 17.0 Å². The number of benzene rings is 4. The van der Waals surface area contributed by atoms with Gasteiger partial charge in [0.15, 0.2) is 5.79 Å². The molecule has 4 aromatic carbocycles. The number of carbonyl (C=O) groups excluding carboxylic acids is 1. The molecule has 3 atom stereocenters. The fourth-order valence-electron chi connectivity index (χ4n) is 5.12. The van der Waals surface area contributed by atoms with Crippen LogP contribution in [0.15, 0.2) is 114 Å². The average Bonchev–Trinajstić information content (AvgIpc) is 3.42. The second-order valence-electron chi connectivity index (χ2n) is 11.8. The third-order valence-corrected chi connectivity index (χ3v) is 11.9. The number of nitro groups is 1. The molecule has 0 aromatic heterocycles. The average molecular weight is 724 g/mol. The number of hydrogen-bond acceptors (Lipinski definition) is 11. The van der Waals surface area contributed by atoms with Crippen molar-refractivity contribution in [3.63, 3.8) is 0 Å². The summed E-state index contributed by atoms with van der Waals surface area (Å²) in [4.78, 5) is 23.6. The van der Waals surface area contributed by atoms with Gasteiger partial charge < -0.3 is 14.2 Å². The van der Waals surface area contributed by atoms with Gasteiger partial charge >= 0.3 is 5.97 Å². The molecule has 10 nitrogen and oxygen atoms in total. The van der Waals surface area contributed by atoms with Gasteiger partial charge in [0.05, 0.1) is 20.0 Å². The van der Waals surface area contributed by atoms with Crippen LogP contribution in [0.25, 0.3) is 0 Å². The van der Waals surface area contributed by atoms with E-state index in [1.807, 2.05) is 67.6 Å². The number of hydrogen-bond donors (Lipinski definition) is 0. The van der Waals surface area contributed by atoms with E-state index in [-0.39, 0.29) is 20.7 Å². The number of aryl methyl sites for hydroxylation is 1. The molecule has 258 valence electrons. The molecule has 1 heterocycles. The van der Waals surface area contributed by atoms with E-state index in [9.17, 15) is 23.3 Å². The van der Waals surface area contributed by atoms with E-state index in [1.165, 1.54) is 36.4 Å². The first-order valence-corrected chi connectivity index (χ1v) is 19.0. The third-order valence-electron chi connectivity index (χ3n) is 7.56. The number of non-ortho nitro benzene ring substituents is 1. The summed E-state index contributed by atoms with van der Waals surface area (Å²) in [6.07, 6.45) is -2.97. The lowest BCUT2D eigenvalue weighted by Gasteiger charge is -2.30. The van der Waals surface area contributed by atoms with Crippen LogP contribution in [-0.2, 0) is 40.0 Å². The van der Waals surface area contributed by atoms with Gasteiger partial charge in [0.25, 0.3) is 15.8 Å². The van der Waals surface area contributed by atoms with Crippen LogP contribution in [0.3, 0.4) is 0 Å². The molecule has 13 heteroatoms. The lowest BCUT2D eigenvalue weighted by molar-refractivity contribution is -0.384. The van der Waals surface area contributed by atoms with Gasteiger partial charge in [-0.1, -0.05) is 78.4 Å². The van der Waals surface area contributed by atoms with Gasteiger partial charge in [-0.15, -0.1) is 23.5 Å². The normalized spacial score (nSPS) is 17.9. The summed E-state index contributed by atoms with van der Waals surface area (Å²) in [7, 11) is -4.35. The standard InChI is InChI=1S/C36H37NO9S3/c1-25-14-20-30(21-15-25)49(41,42)46-31(22-43-34(38)28-16-18-29(19-17-28)37(39)40)32-33(45-36(2,3)44-32)35(47-23-26-10-6-4-7-11-26)48-24-27-12-8-5-9-13-27/h4-21,31-33,35H,22-24H2,1-3H3/t31-,32-,33-/m1/s1. The number of esters is 1. The lowest BCUT2D eigenvalue weighted by Crippen LogP contribution is -2.45. The van der Waals surface area contributed by atoms with E-state index < -0.39 is 51.7 Å². The summed E-state index contributed by atoms with van der Waals surface area (Å²) in [5.41, 5.74) is 2.96. The van der Waals surface area contributed by atoms with Gasteiger partial charge in [-0.3, -0.25) is 14.3 Å². The first kappa shape index (κ1) is 36.6. The molecule has 1 saturated heterocycles. The molecule has 1 aliphatic rings. The van der Waals surface area contributed by atoms with Crippen molar-refractivity contribution in [2.75, 3.05) is 6.61 Å². The fraction of sp³-hybridized carbons (Fsp3) is 0.306. The Kier molecular flexibility index (Phi) is 12.2. The van der Waals surface area contributed by atoms with Gasteiger partial charge in [0, 0.05) is 23.6 Å².